The van der Waals surface area contributed by atoms with Crippen LogP contribution in [0.4, 0.5) is 4.39 Å². The smallest absolute Gasteiger partial charge is 0.323 e. The number of carbonyl (C=O) groups excluding carboxylic acids is 1. The second kappa shape index (κ2) is 6.70. The van der Waals surface area contributed by atoms with E-state index in [1.807, 2.05) is 0 Å². The highest BCUT2D eigenvalue weighted by atomic mass is 19.1. The molecule has 0 heterocycles. The van der Waals surface area contributed by atoms with Crippen LogP contribution in [0.2, 0.25) is 0 Å². The first kappa shape index (κ1) is 14.1. The lowest BCUT2D eigenvalue weighted by molar-refractivity contribution is -0.137. The maximum absolute atomic E-state index is 13.0. The summed E-state index contributed by atoms with van der Waals surface area (Å²) in [6, 6.07) is 5.13. The topological polar surface area (TPSA) is 66.8 Å². The van der Waals surface area contributed by atoms with Gasteiger partial charge in [-0.3, -0.25) is 9.59 Å². The monoisotopic (exact) mass is 255 g/mol. The largest absolute Gasteiger partial charge is 0.480 e. The first-order chi connectivity index (χ1) is 8.54. The van der Waals surface area contributed by atoms with Crippen molar-refractivity contribution < 1.29 is 23.8 Å². The van der Waals surface area contributed by atoms with Crippen molar-refractivity contribution >= 4 is 11.9 Å². The maximum atomic E-state index is 13.0. The lowest BCUT2D eigenvalue weighted by atomic mass is 10.2. The summed E-state index contributed by atoms with van der Waals surface area (Å²) in [5.41, 5.74) is 0.118. The molecule has 0 aliphatic carbocycles. The van der Waals surface area contributed by atoms with E-state index in [0.717, 1.165) is 11.0 Å². The van der Waals surface area contributed by atoms with Crippen LogP contribution in [0.1, 0.15) is 10.4 Å². The quantitative estimate of drug-likeness (QED) is 0.823. The van der Waals surface area contributed by atoms with Crippen molar-refractivity contribution in [3.8, 4) is 0 Å². The van der Waals surface area contributed by atoms with Gasteiger partial charge in [-0.05, 0) is 18.2 Å². The Labute approximate surface area is 104 Å². The fraction of sp³-hybridized carbons (Fsp3) is 0.333. The predicted octanol–water partition coefficient (Wildman–Crippen LogP) is 0.999. The number of methoxy groups -OCH3 is 1. The number of carboxylic acid groups (broad SMARTS) is 1. The first-order valence-corrected chi connectivity index (χ1v) is 5.30. The number of aliphatic carboxylic acids is 1. The van der Waals surface area contributed by atoms with Crippen molar-refractivity contribution in [1.82, 2.24) is 4.90 Å². The molecule has 0 aromatic heterocycles. The zero-order chi connectivity index (χ0) is 13.5. The molecular weight excluding hydrogens is 241 g/mol. The van der Waals surface area contributed by atoms with E-state index in [-0.39, 0.29) is 18.7 Å². The number of carboxylic acids is 1. The molecule has 0 aliphatic heterocycles. The Morgan fingerprint density at radius 3 is 2.72 bits per heavy atom. The molecule has 0 saturated heterocycles. The summed E-state index contributed by atoms with van der Waals surface area (Å²) in [4.78, 5) is 23.7. The third-order valence-corrected chi connectivity index (χ3v) is 2.25. The molecule has 5 nitrogen and oxygen atoms in total. The lowest BCUT2D eigenvalue weighted by Crippen LogP contribution is -2.38. The molecule has 1 N–H and O–H groups in total. The predicted molar refractivity (Wildman–Crippen MR) is 61.8 cm³/mol. The summed E-state index contributed by atoms with van der Waals surface area (Å²) in [6.07, 6.45) is 0. The molecule has 0 saturated carbocycles. The summed E-state index contributed by atoms with van der Waals surface area (Å²) in [5.74, 6) is -2.20. The van der Waals surface area contributed by atoms with Crippen molar-refractivity contribution in [2.24, 2.45) is 0 Å². The Hall–Kier alpha value is -1.95. The van der Waals surface area contributed by atoms with E-state index in [9.17, 15) is 14.0 Å². The minimum atomic E-state index is -1.13. The second-order valence-electron chi connectivity index (χ2n) is 3.62. The molecule has 18 heavy (non-hydrogen) atoms. The number of amides is 1. The Balaban J connectivity index is 2.83. The molecule has 98 valence electrons. The second-order valence-corrected chi connectivity index (χ2v) is 3.62. The zero-order valence-corrected chi connectivity index (χ0v) is 9.93. The van der Waals surface area contributed by atoms with Gasteiger partial charge in [-0.25, -0.2) is 4.39 Å². The van der Waals surface area contributed by atoms with Crippen molar-refractivity contribution in [1.29, 1.82) is 0 Å². The van der Waals surface area contributed by atoms with Crippen LogP contribution in [0.15, 0.2) is 24.3 Å². The molecule has 1 aromatic rings. The number of ether oxygens (including phenoxy) is 1. The van der Waals surface area contributed by atoms with Crippen molar-refractivity contribution in [2.45, 2.75) is 0 Å². The Morgan fingerprint density at radius 1 is 1.44 bits per heavy atom. The molecule has 1 rings (SSSR count). The van der Waals surface area contributed by atoms with Gasteiger partial charge in [-0.15, -0.1) is 0 Å². The summed E-state index contributed by atoms with van der Waals surface area (Å²) < 4.78 is 17.8. The lowest BCUT2D eigenvalue weighted by Gasteiger charge is -2.20. The summed E-state index contributed by atoms with van der Waals surface area (Å²) in [7, 11) is 1.45. The van der Waals surface area contributed by atoms with Gasteiger partial charge in [-0.1, -0.05) is 6.07 Å². The molecule has 0 fully saturated rings. The number of nitrogens with zero attached hydrogens (tertiary/aromatic N) is 1. The minimum Gasteiger partial charge on any atom is -0.480 e. The summed E-state index contributed by atoms with van der Waals surface area (Å²) in [6.45, 7) is -0.0921. The standard InChI is InChI=1S/C12H14FNO4/c1-18-6-5-14(8-11(15)16)12(17)9-3-2-4-10(13)7-9/h2-4,7H,5-6,8H2,1H3,(H,15,16). The number of halogens is 1. The highest BCUT2D eigenvalue weighted by molar-refractivity contribution is 5.95. The summed E-state index contributed by atoms with van der Waals surface area (Å²) >= 11 is 0. The van der Waals surface area contributed by atoms with Gasteiger partial charge in [0.05, 0.1) is 6.61 Å². The van der Waals surface area contributed by atoms with Crippen LogP contribution in [0.5, 0.6) is 0 Å². The fourth-order valence-corrected chi connectivity index (χ4v) is 1.42. The van der Waals surface area contributed by atoms with Gasteiger partial charge in [0.1, 0.15) is 12.4 Å². The molecule has 0 aliphatic rings. The van der Waals surface area contributed by atoms with Gasteiger partial charge < -0.3 is 14.7 Å². The van der Waals surface area contributed by atoms with Crippen molar-refractivity contribution in [3.05, 3.63) is 35.6 Å². The van der Waals surface area contributed by atoms with Crippen LogP contribution in [-0.2, 0) is 9.53 Å². The number of benzene rings is 1. The van der Waals surface area contributed by atoms with Crippen LogP contribution in [0.3, 0.4) is 0 Å². The van der Waals surface area contributed by atoms with Crippen LogP contribution in [0, 0.1) is 5.82 Å². The van der Waals surface area contributed by atoms with Crippen molar-refractivity contribution in [2.75, 3.05) is 26.8 Å². The van der Waals surface area contributed by atoms with Gasteiger partial charge in [0.2, 0.25) is 0 Å². The number of hydrogen-bond donors (Lipinski definition) is 1. The molecule has 0 unspecified atom stereocenters. The maximum Gasteiger partial charge on any atom is 0.323 e. The molecule has 0 atom stereocenters. The number of hydrogen-bond acceptors (Lipinski definition) is 3. The van der Waals surface area contributed by atoms with E-state index in [2.05, 4.69) is 0 Å². The molecule has 1 aromatic carbocycles. The zero-order valence-electron chi connectivity index (χ0n) is 9.93. The van der Waals surface area contributed by atoms with E-state index < -0.39 is 24.2 Å². The van der Waals surface area contributed by atoms with Crippen LogP contribution in [0.25, 0.3) is 0 Å². The van der Waals surface area contributed by atoms with E-state index in [0.29, 0.717) is 0 Å². The van der Waals surface area contributed by atoms with Crippen molar-refractivity contribution in [3.63, 3.8) is 0 Å². The average Bonchev–Trinajstić information content (AvgIpc) is 2.33. The van der Waals surface area contributed by atoms with E-state index >= 15 is 0 Å². The SMILES string of the molecule is COCCN(CC(=O)O)C(=O)c1cccc(F)c1. The van der Waals surface area contributed by atoms with Gasteiger partial charge >= 0.3 is 5.97 Å². The Kier molecular flexibility index (Phi) is 5.26. The van der Waals surface area contributed by atoms with Crippen LogP contribution < -0.4 is 0 Å². The number of carbonyl (C=O) groups is 2. The third-order valence-electron chi connectivity index (χ3n) is 2.25. The van der Waals surface area contributed by atoms with E-state index in [1.165, 1.54) is 25.3 Å². The van der Waals surface area contributed by atoms with Gasteiger partial charge in [-0.2, -0.15) is 0 Å². The average molecular weight is 255 g/mol. The van der Waals surface area contributed by atoms with E-state index in [1.54, 1.807) is 0 Å². The Morgan fingerprint density at radius 2 is 2.17 bits per heavy atom. The molecule has 0 spiro atoms. The van der Waals surface area contributed by atoms with Gasteiger partial charge in [0.15, 0.2) is 0 Å². The third kappa shape index (κ3) is 4.14. The van der Waals surface area contributed by atoms with Crippen LogP contribution >= 0.6 is 0 Å². The molecule has 6 heteroatoms. The minimum absolute atomic E-state index is 0.118. The first-order valence-electron chi connectivity index (χ1n) is 5.30. The molecule has 0 bridgehead atoms. The molecular formula is C12H14FNO4. The fourth-order valence-electron chi connectivity index (χ4n) is 1.42. The summed E-state index contributed by atoms with van der Waals surface area (Å²) in [5, 5.41) is 8.72. The molecule has 1 amide bonds. The van der Waals surface area contributed by atoms with Gasteiger partial charge in [0.25, 0.3) is 5.91 Å². The normalized spacial score (nSPS) is 10.1. The highest BCUT2D eigenvalue weighted by Gasteiger charge is 2.18. The molecule has 0 radical (unpaired) electrons. The Bertz CT molecular complexity index is 436. The highest BCUT2D eigenvalue weighted by Crippen LogP contribution is 2.07. The number of rotatable bonds is 6. The van der Waals surface area contributed by atoms with E-state index in [4.69, 9.17) is 9.84 Å². The van der Waals surface area contributed by atoms with Crippen LogP contribution in [-0.4, -0.2) is 48.7 Å². The van der Waals surface area contributed by atoms with Gasteiger partial charge in [0, 0.05) is 19.2 Å².